The molecule has 1 saturated carbocycles. The number of urea groups is 1. The molecule has 1 saturated heterocycles. The lowest BCUT2D eigenvalue weighted by Crippen LogP contribution is -2.54. The molecule has 2 aromatic carbocycles. The Morgan fingerprint density at radius 2 is 1.86 bits per heavy atom. The first-order valence-electron chi connectivity index (χ1n) is 13.3. The van der Waals surface area contributed by atoms with Gasteiger partial charge in [-0.2, -0.15) is 0 Å². The van der Waals surface area contributed by atoms with Gasteiger partial charge < -0.3 is 30.3 Å². The van der Waals surface area contributed by atoms with Crippen LogP contribution in [0, 0.1) is 12.8 Å². The van der Waals surface area contributed by atoms with Crippen molar-refractivity contribution in [3.8, 4) is 5.75 Å². The number of carbonyl (C=O) groups excluding carboxylic acids is 2. The van der Waals surface area contributed by atoms with Crippen LogP contribution in [0.25, 0.3) is 0 Å². The predicted octanol–water partition coefficient (Wildman–Crippen LogP) is 3.38. The molecule has 2 atom stereocenters. The fourth-order valence-electron chi connectivity index (χ4n) is 4.74. The fraction of sp³-hybridized carbons (Fsp3) is 0.517. The Morgan fingerprint density at radius 3 is 2.62 bits per heavy atom. The molecule has 0 unspecified atom stereocenters. The van der Waals surface area contributed by atoms with Crippen LogP contribution in [0.2, 0.25) is 0 Å². The zero-order chi connectivity index (χ0) is 26.0. The zero-order valence-electron chi connectivity index (χ0n) is 22.0. The number of nitrogens with zero attached hydrogens (tertiary/aromatic N) is 1. The van der Waals surface area contributed by atoms with E-state index in [2.05, 4.69) is 34.1 Å². The maximum absolute atomic E-state index is 13.6. The molecule has 0 aromatic heterocycles. The van der Waals surface area contributed by atoms with Gasteiger partial charge in [0.25, 0.3) is 0 Å². The van der Waals surface area contributed by atoms with E-state index >= 15 is 0 Å². The number of piperidine rings is 1. The Balaban J connectivity index is 1.31. The highest BCUT2D eigenvalue weighted by atomic mass is 16.5. The Kier molecular flexibility index (Phi) is 9.79. The highest BCUT2D eigenvalue weighted by Crippen LogP contribution is 2.32. The summed E-state index contributed by atoms with van der Waals surface area (Å²) >= 11 is 0. The molecule has 1 aliphatic heterocycles. The first kappa shape index (κ1) is 26.9. The summed E-state index contributed by atoms with van der Waals surface area (Å²) in [7, 11) is 1.69. The molecule has 200 valence electrons. The van der Waals surface area contributed by atoms with Crippen LogP contribution in [0.3, 0.4) is 0 Å². The van der Waals surface area contributed by atoms with Crippen LogP contribution in [0.5, 0.6) is 5.75 Å². The Morgan fingerprint density at radius 1 is 1.05 bits per heavy atom. The Labute approximate surface area is 220 Å². The number of amides is 3. The Bertz CT molecular complexity index is 1030. The summed E-state index contributed by atoms with van der Waals surface area (Å²) in [4.78, 5) is 28.1. The molecular formula is C29H40N4O4. The minimum atomic E-state index is -0.208. The van der Waals surface area contributed by atoms with Crippen molar-refractivity contribution in [1.82, 2.24) is 20.9 Å². The van der Waals surface area contributed by atoms with E-state index in [1.165, 1.54) is 0 Å². The van der Waals surface area contributed by atoms with E-state index in [-0.39, 0.29) is 23.9 Å². The van der Waals surface area contributed by atoms with Crippen molar-refractivity contribution in [2.75, 3.05) is 33.4 Å². The molecule has 4 rings (SSSR count). The third-order valence-electron chi connectivity index (χ3n) is 6.96. The number of methoxy groups -OCH3 is 1. The average molecular weight is 509 g/mol. The lowest BCUT2D eigenvalue weighted by molar-refractivity contribution is -0.137. The van der Waals surface area contributed by atoms with Crippen LogP contribution in [0.1, 0.15) is 42.4 Å². The van der Waals surface area contributed by atoms with Gasteiger partial charge in [-0.25, -0.2) is 4.79 Å². The standard InChI is InChI=1S/C29H40N4O4/c1-21-9-10-23(15-27(21)37-14-6-13-36-2)20-33(26-11-12-26)28(34)24-16-25(19-30-18-24)32-29(35)31-17-22-7-4-3-5-8-22/h3-5,7-10,15,24-26,30H,6,11-14,16-20H2,1-2H3,(H2,31,32,35)/t24-,25-/m0/s1. The van der Waals surface area contributed by atoms with E-state index in [1.807, 2.05) is 42.2 Å². The molecular weight excluding hydrogens is 468 g/mol. The van der Waals surface area contributed by atoms with Crippen molar-refractivity contribution < 1.29 is 19.1 Å². The van der Waals surface area contributed by atoms with Gasteiger partial charge in [-0.15, -0.1) is 0 Å². The first-order chi connectivity index (χ1) is 18.0. The summed E-state index contributed by atoms with van der Waals surface area (Å²) in [6, 6.07) is 16.0. The maximum Gasteiger partial charge on any atom is 0.315 e. The molecule has 2 aromatic rings. The van der Waals surface area contributed by atoms with Crippen molar-refractivity contribution in [2.24, 2.45) is 5.92 Å². The number of hydrogen-bond acceptors (Lipinski definition) is 5. The van der Waals surface area contributed by atoms with E-state index < -0.39 is 0 Å². The van der Waals surface area contributed by atoms with Crippen molar-refractivity contribution in [3.63, 3.8) is 0 Å². The quantitative estimate of drug-likeness (QED) is 0.383. The number of rotatable bonds is 12. The van der Waals surface area contributed by atoms with Gasteiger partial charge >= 0.3 is 6.03 Å². The van der Waals surface area contributed by atoms with Gasteiger partial charge in [0.2, 0.25) is 5.91 Å². The SMILES string of the molecule is COCCCOc1cc(CN(C(=O)[C@@H]2CNC[C@@H](NC(=O)NCc3ccccc3)C2)C2CC2)ccc1C. The summed E-state index contributed by atoms with van der Waals surface area (Å²) in [6.45, 7) is 5.65. The van der Waals surface area contributed by atoms with Crippen LogP contribution in [-0.2, 0) is 22.6 Å². The van der Waals surface area contributed by atoms with Crippen molar-refractivity contribution in [1.29, 1.82) is 0 Å². The fourth-order valence-corrected chi connectivity index (χ4v) is 4.74. The average Bonchev–Trinajstić information content (AvgIpc) is 3.76. The molecule has 8 heteroatoms. The summed E-state index contributed by atoms with van der Waals surface area (Å²) in [5.41, 5.74) is 3.21. The summed E-state index contributed by atoms with van der Waals surface area (Å²) in [6.07, 6.45) is 3.56. The summed E-state index contributed by atoms with van der Waals surface area (Å²) in [5, 5.41) is 9.31. The van der Waals surface area contributed by atoms with E-state index in [0.29, 0.717) is 51.9 Å². The molecule has 37 heavy (non-hydrogen) atoms. The predicted molar refractivity (Wildman–Crippen MR) is 143 cm³/mol. The topological polar surface area (TPSA) is 91.9 Å². The van der Waals surface area contributed by atoms with Gasteiger partial charge in [-0.1, -0.05) is 42.5 Å². The maximum atomic E-state index is 13.6. The van der Waals surface area contributed by atoms with E-state index in [4.69, 9.17) is 9.47 Å². The van der Waals surface area contributed by atoms with Gasteiger partial charge in [0.15, 0.2) is 0 Å². The molecule has 2 aliphatic rings. The van der Waals surface area contributed by atoms with Gasteiger partial charge in [0.05, 0.1) is 12.5 Å². The Hall–Kier alpha value is -3.10. The summed E-state index contributed by atoms with van der Waals surface area (Å²) < 4.78 is 11.1. The normalized spacial score (nSPS) is 19.2. The molecule has 0 spiro atoms. The van der Waals surface area contributed by atoms with Gasteiger partial charge in [-0.3, -0.25) is 4.79 Å². The minimum absolute atomic E-state index is 0.0917. The zero-order valence-corrected chi connectivity index (χ0v) is 22.0. The van der Waals surface area contributed by atoms with Crippen LogP contribution in [-0.4, -0.2) is 62.3 Å². The smallest absolute Gasteiger partial charge is 0.315 e. The number of ether oxygens (including phenoxy) is 2. The largest absolute Gasteiger partial charge is 0.493 e. The van der Waals surface area contributed by atoms with Crippen LogP contribution in [0.4, 0.5) is 4.79 Å². The highest BCUT2D eigenvalue weighted by molar-refractivity contribution is 5.80. The second-order valence-electron chi connectivity index (χ2n) is 10.1. The lowest BCUT2D eigenvalue weighted by Gasteiger charge is -2.34. The van der Waals surface area contributed by atoms with Crippen molar-refractivity contribution in [3.05, 3.63) is 65.2 Å². The number of aryl methyl sites for hydroxylation is 1. The molecule has 8 nitrogen and oxygen atoms in total. The monoisotopic (exact) mass is 508 g/mol. The van der Waals surface area contributed by atoms with Crippen molar-refractivity contribution in [2.45, 2.75) is 57.8 Å². The molecule has 0 radical (unpaired) electrons. The molecule has 2 fully saturated rings. The molecule has 3 N–H and O–H groups in total. The lowest BCUT2D eigenvalue weighted by atomic mass is 9.94. The van der Waals surface area contributed by atoms with E-state index in [0.717, 1.165) is 41.7 Å². The van der Waals surface area contributed by atoms with Crippen LogP contribution >= 0.6 is 0 Å². The summed E-state index contributed by atoms with van der Waals surface area (Å²) in [5.74, 6) is 0.861. The van der Waals surface area contributed by atoms with Gasteiger partial charge in [0, 0.05) is 58.4 Å². The van der Waals surface area contributed by atoms with Crippen LogP contribution < -0.4 is 20.7 Å². The number of carbonyl (C=O) groups is 2. The molecule has 0 bridgehead atoms. The van der Waals surface area contributed by atoms with Gasteiger partial charge in [-0.05, 0) is 48.9 Å². The van der Waals surface area contributed by atoms with E-state index in [9.17, 15) is 9.59 Å². The third-order valence-corrected chi connectivity index (χ3v) is 6.96. The molecule has 1 aliphatic carbocycles. The third kappa shape index (κ3) is 8.20. The van der Waals surface area contributed by atoms with Crippen molar-refractivity contribution >= 4 is 11.9 Å². The molecule has 1 heterocycles. The van der Waals surface area contributed by atoms with Crippen LogP contribution in [0.15, 0.2) is 48.5 Å². The minimum Gasteiger partial charge on any atom is -0.493 e. The second-order valence-corrected chi connectivity index (χ2v) is 10.1. The highest BCUT2D eigenvalue weighted by Gasteiger charge is 2.38. The first-order valence-corrected chi connectivity index (χ1v) is 13.3. The van der Waals surface area contributed by atoms with Gasteiger partial charge in [0.1, 0.15) is 5.75 Å². The number of benzene rings is 2. The number of hydrogen-bond donors (Lipinski definition) is 3. The van der Waals surface area contributed by atoms with E-state index in [1.54, 1.807) is 7.11 Å². The number of nitrogens with one attached hydrogen (secondary N) is 3. The molecule has 3 amide bonds. The second kappa shape index (κ2) is 13.4.